The maximum atomic E-state index is 12.3. The van der Waals surface area contributed by atoms with Crippen molar-refractivity contribution in [3.63, 3.8) is 0 Å². The highest BCUT2D eigenvalue weighted by molar-refractivity contribution is 7.99. The van der Waals surface area contributed by atoms with Gasteiger partial charge in [-0.2, -0.15) is 4.68 Å². The van der Waals surface area contributed by atoms with Crippen molar-refractivity contribution in [1.82, 2.24) is 25.5 Å². The van der Waals surface area contributed by atoms with Crippen LogP contribution in [-0.4, -0.2) is 31.9 Å². The molecule has 3 aromatic rings. The summed E-state index contributed by atoms with van der Waals surface area (Å²) in [6.07, 6.45) is 0. The Morgan fingerprint density at radius 1 is 1.26 bits per heavy atom. The number of halogens is 1. The minimum atomic E-state index is -0.133. The monoisotopic (exact) mass is 401 g/mol. The molecule has 2 aromatic carbocycles. The van der Waals surface area contributed by atoms with Gasteiger partial charge in [-0.15, -0.1) is 5.10 Å². The number of amides is 1. The Hall–Kier alpha value is -2.38. The van der Waals surface area contributed by atoms with E-state index in [-0.39, 0.29) is 17.7 Å². The molecule has 6 nitrogen and oxygen atoms in total. The van der Waals surface area contributed by atoms with E-state index in [2.05, 4.69) is 20.8 Å². The van der Waals surface area contributed by atoms with E-state index in [0.29, 0.717) is 10.2 Å². The van der Waals surface area contributed by atoms with Gasteiger partial charge in [-0.1, -0.05) is 47.6 Å². The fourth-order valence-electron chi connectivity index (χ4n) is 2.66. The van der Waals surface area contributed by atoms with Crippen LogP contribution in [0.15, 0.2) is 47.6 Å². The number of carbonyl (C=O) groups is 1. The smallest absolute Gasteiger partial charge is 0.230 e. The number of hydrogen-bond acceptors (Lipinski definition) is 5. The molecule has 1 N–H and O–H groups in total. The third-order valence-electron chi connectivity index (χ3n) is 4.30. The third kappa shape index (κ3) is 4.67. The minimum Gasteiger partial charge on any atom is -0.349 e. The van der Waals surface area contributed by atoms with E-state index in [4.69, 9.17) is 11.6 Å². The highest BCUT2D eigenvalue weighted by atomic mass is 35.5. The Morgan fingerprint density at radius 3 is 2.81 bits per heavy atom. The number of nitrogens with one attached hydrogen (secondary N) is 1. The van der Waals surface area contributed by atoms with E-state index >= 15 is 0 Å². The summed E-state index contributed by atoms with van der Waals surface area (Å²) in [5, 5.41) is 16.1. The summed E-state index contributed by atoms with van der Waals surface area (Å²) >= 11 is 7.31. The molecule has 1 amide bonds. The van der Waals surface area contributed by atoms with Gasteiger partial charge in [0.1, 0.15) is 0 Å². The molecule has 0 radical (unpaired) electrons. The lowest BCUT2D eigenvalue weighted by atomic mass is 10.1. The van der Waals surface area contributed by atoms with E-state index in [1.807, 2.05) is 63.2 Å². The van der Waals surface area contributed by atoms with Gasteiger partial charge in [-0.25, -0.2) is 0 Å². The number of hydrogen-bond donors (Lipinski definition) is 1. The van der Waals surface area contributed by atoms with Gasteiger partial charge in [0.25, 0.3) is 0 Å². The molecule has 0 spiro atoms. The molecular weight excluding hydrogens is 382 g/mol. The van der Waals surface area contributed by atoms with E-state index < -0.39 is 0 Å². The van der Waals surface area contributed by atoms with Crippen molar-refractivity contribution in [2.45, 2.75) is 32.0 Å². The lowest BCUT2D eigenvalue weighted by Gasteiger charge is -2.14. The largest absolute Gasteiger partial charge is 0.349 e. The van der Waals surface area contributed by atoms with Crippen molar-refractivity contribution in [3.8, 4) is 5.69 Å². The maximum absolute atomic E-state index is 12.3. The van der Waals surface area contributed by atoms with Crippen LogP contribution in [0, 0.1) is 13.8 Å². The van der Waals surface area contributed by atoms with Gasteiger partial charge in [0.15, 0.2) is 0 Å². The molecule has 1 aromatic heterocycles. The first-order chi connectivity index (χ1) is 13.0. The Kier molecular flexibility index (Phi) is 6.13. The summed E-state index contributed by atoms with van der Waals surface area (Å²) in [7, 11) is 0. The molecule has 3 rings (SSSR count). The van der Waals surface area contributed by atoms with Crippen LogP contribution >= 0.6 is 23.4 Å². The summed E-state index contributed by atoms with van der Waals surface area (Å²) < 4.78 is 1.67. The van der Waals surface area contributed by atoms with Crippen LogP contribution in [-0.2, 0) is 4.79 Å². The van der Waals surface area contributed by atoms with Crippen LogP contribution < -0.4 is 5.32 Å². The second kappa shape index (κ2) is 8.54. The average Bonchev–Trinajstić information content (AvgIpc) is 3.10. The number of benzene rings is 2. The van der Waals surface area contributed by atoms with Crippen molar-refractivity contribution in [3.05, 3.63) is 64.2 Å². The quantitative estimate of drug-likeness (QED) is 0.634. The molecule has 0 aliphatic rings. The molecule has 0 aliphatic carbocycles. The fourth-order valence-corrected chi connectivity index (χ4v) is 3.55. The predicted octanol–water partition coefficient (Wildman–Crippen LogP) is 3.90. The van der Waals surface area contributed by atoms with Crippen LogP contribution in [0.5, 0.6) is 0 Å². The summed E-state index contributed by atoms with van der Waals surface area (Å²) in [4.78, 5) is 12.3. The van der Waals surface area contributed by atoms with Crippen LogP contribution in [0.4, 0.5) is 0 Å². The van der Waals surface area contributed by atoms with E-state index in [1.165, 1.54) is 11.8 Å². The molecule has 0 saturated carbocycles. The lowest BCUT2D eigenvalue weighted by Crippen LogP contribution is -2.28. The molecule has 0 fully saturated rings. The number of aryl methyl sites for hydroxylation is 1. The molecule has 1 atom stereocenters. The Morgan fingerprint density at radius 2 is 2.04 bits per heavy atom. The van der Waals surface area contributed by atoms with Crippen LogP contribution in [0.3, 0.4) is 0 Å². The van der Waals surface area contributed by atoms with Crippen LogP contribution in [0.25, 0.3) is 5.69 Å². The van der Waals surface area contributed by atoms with Gasteiger partial charge in [0.05, 0.1) is 17.5 Å². The zero-order valence-corrected chi connectivity index (χ0v) is 16.9. The summed E-state index contributed by atoms with van der Waals surface area (Å²) in [6, 6.07) is 13.3. The first kappa shape index (κ1) is 19.4. The fraction of sp³-hybridized carbons (Fsp3) is 0.263. The zero-order valence-electron chi connectivity index (χ0n) is 15.3. The summed E-state index contributed by atoms with van der Waals surface area (Å²) in [5.74, 6) is 0.124. The molecule has 140 valence electrons. The van der Waals surface area contributed by atoms with E-state index in [9.17, 15) is 4.79 Å². The first-order valence-corrected chi connectivity index (χ1v) is 9.84. The second-order valence-electron chi connectivity index (χ2n) is 6.23. The highest BCUT2D eigenvalue weighted by Crippen LogP contribution is 2.23. The standard InChI is InChI=1S/C19H20ClN5OS/c1-12-6-4-9-17(13(12)2)25-19(22-23-24-25)27-11-18(26)21-14(3)15-7-5-8-16(20)10-15/h4-10,14H,11H2,1-3H3,(H,21,26)/t14-/m0/s1. The summed E-state index contributed by atoms with van der Waals surface area (Å²) in [6.45, 7) is 6.00. The van der Waals surface area contributed by atoms with Gasteiger partial charge >= 0.3 is 0 Å². The lowest BCUT2D eigenvalue weighted by molar-refractivity contribution is -0.119. The first-order valence-electron chi connectivity index (χ1n) is 8.48. The molecule has 0 unspecified atom stereocenters. The molecule has 1 heterocycles. The molecular formula is C19H20ClN5OS. The number of thioether (sulfide) groups is 1. The van der Waals surface area contributed by atoms with E-state index in [0.717, 1.165) is 22.4 Å². The molecule has 0 aliphatic heterocycles. The number of carbonyl (C=O) groups excluding carboxylic acids is 1. The normalized spacial score (nSPS) is 12.0. The molecule has 27 heavy (non-hydrogen) atoms. The van der Waals surface area contributed by atoms with Crippen molar-refractivity contribution >= 4 is 29.3 Å². The predicted molar refractivity (Wildman–Crippen MR) is 107 cm³/mol. The van der Waals surface area contributed by atoms with Gasteiger partial charge < -0.3 is 5.32 Å². The molecule has 0 bridgehead atoms. The van der Waals surface area contributed by atoms with Crippen molar-refractivity contribution in [2.24, 2.45) is 0 Å². The number of rotatable bonds is 6. The van der Waals surface area contributed by atoms with Crippen molar-refractivity contribution in [1.29, 1.82) is 0 Å². The number of nitrogens with zero attached hydrogens (tertiary/aromatic N) is 4. The molecule has 8 heteroatoms. The van der Waals surface area contributed by atoms with Crippen LogP contribution in [0.2, 0.25) is 5.02 Å². The summed E-state index contributed by atoms with van der Waals surface area (Å²) in [5.41, 5.74) is 4.13. The topological polar surface area (TPSA) is 72.7 Å². The minimum absolute atomic E-state index is 0.0945. The van der Waals surface area contributed by atoms with Gasteiger partial charge in [0, 0.05) is 5.02 Å². The Bertz CT molecular complexity index is 959. The Labute approximate surface area is 167 Å². The van der Waals surface area contributed by atoms with Gasteiger partial charge in [-0.3, -0.25) is 4.79 Å². The number of tetrazole rings is 1. The van der Waals surface area contributed by atoms with Crippen LogP contribution in [0.1, 0.15) is 29.7 Å². The SMILES string of the molecule is Cc1cccc(-n2nnnc2SCC(=O)N[C@@H](C)c2cccc(Cl)c2)c1C. The third-order valence-corrected chi connectivity index (χ3v) is 5.46. The van der Waals surface area contributed by atoms with Gasteiger partial charge in [0.2, 0.25) is 11.1 Å². The van der Waals surface area contributed by atoms with Crippen molar-refractivity contribution in [2.75, 3.05) is 5.75 Å². The van der Waals surface area contributed by atoms with E-state index in [1.54, 1.807) is 4.68 Å². The van der Waals surface area contributed by atoms with Gasteiger partial charge in [-0.05, 0) is 66.1 Å². The maximum Gasteiger partial charge on any atom is 0.230 e. The zero-order chi connectivity index (χ0) is 19.4. The number of aromatic nitrogens is 4. The average molecular weight is 402 g/mol. The highest BCUT2D eigenvalue weighted by Gasteiger charge is 2.15. The van der Waals surface area contributed by atoms with Crippen molar-refractivity contribution < 1.29 is 4.79 Å². The Balaban J connectivity index is 1.65. The molecule has 0 saturated heterocycles. The second-order valence-corrected chi connectivity index (χ2v) is 7.60.